The van der Waals surface area contributed by atoms with Crippen LogP contribution in [0.1, 0.15) is 52.7 Å². The number of alkyl halides is 2. The average molecular weight is 474 g/mol. The number of anilines is 1. The zero-order chi connectivity index (χ0) is 24.0. The minimum absolute atomic E-state index is 0.191. The minimum Gasteiger partial charge on any atom is -0.367 e. The predicted molar refractivity (Wildman–Crippen MR) is 130 cm³/mol. The van der Waals surface area contributed by atoms with Crippen molar-refractivity contribution in [3.63, 3.8) is 0 Å². The molecule has 0 bridgehead atoms. The highest BCUT2D eigenvalue weighted by Crippen LogP contribution is 2.41. The van der Waals surface area contributed by atoms with E-state index in [1.165, 1.54) is 24.0 Å². The number of fused-ring (bicyclic) bond motifs is 2. The molecule has 0 amide bonds. The first-order chi connectivity index (χ1) is 15.4. The molecule has 1 aliphatic heterocycles. The second-order valence-corrected chi connectivity index (χ2v) is 11.4. The molecule has 2 N–H and O–H groups in total. The van der Waals surface area contributed by atoms with Crippen LogP contribution >= 0.6 is 12.6 Å². The third-order valence-corrected chi connectivity index (χ3v) is 6.17. The van der Waals surface area contributed by atoms with Gasteiger partial charge in [0.2, 0.25) is 18.2 Å². The predicted octanol–water partition coefficient (Wildman–Crippen LogP) is 6.43. The summed E-state index contributed by atoms with van der Waals surface area (Å²) in [6.07, 6.45) is 4.34. The molecule has 33 heavy (non-hydrogen) atoms. The lowest BCUT2D eigenvalue weighted by molar-refractivity contribution is -0.536. The van der Waals surface area contributed by atoms with Crippen molar-refractivity contribution in [2.24, 2.45) is 10.5 Å². The summed E-state index contributed by atoms with van der Waals surface area (Å²) in [5.41, 5.74) is 11.4. The fourth-order valence-electron chi connectivity index (χ4n) is 4.16. The van der Waals surface area contributed by atoms with E-state index in [4.69, 9.17) is 5.73 Å². The highest BCUT2D eigenvalue weighted by Gasteiger charge is 2.32. The number of thiol groups is 1. The lowest BCUT2D eigenvalue weighted by Crippen LogP contribution is -2.20. The molecule has 1 aliphatic carbocycles. The van der Waals surface area contributed by atoms with Crippen molar-refractivity contribution < 1.29 is 13.5 Å². The Morgan fingerprint density at radius 3 is 2.52 bits per heavy atom. The Labute approximate surface area is 198 Å². The third kappa shape index (κ3) is 5.34. The summed E-state index contributed by atoms with van der Waals surface area (Å²) in [5, 5.41) is 8.34. The number of nitrogen functional groups attached to an aromatic ring is 1. The van der Waals surface area contributed by atoms with E-state index < -0.39 is 13.0 Å². The summed E-state index contributed by atoms with van der Waals surface area (Å²) in [6, 6.07) is 7.54. The molecule has 9 heteroatoms. The molecular weight excluding hydrogens is 442 g/mol. The molecule has 0 atom stereocenters. The van der Waals surface area contributed by atoms with Crippen LogP contribution in [-0.2, 0) is 6.42 Å². The molecule has 3 aromatic rings. The molecule has 6 nitrogen and oxygen atoms in total. The number of nitrogens with zero attached hydrogens (tertiary/aromatic N) is 5. The van der Waals surface area contributed by atoms with E-state index in [1.54, 1.807) is 4.52 Å². The Morgan fingerprint density at radius 2 is 1.94 bits per heavy atom. The van der Waals surface area contributed by atoms with E-state index in [9.17, 15) is 8.78 Å². The lowest BCUT2D eigenvalue weighted by atomic mass is 9.72. The first-order valence-electron chi connectivity index (χ1n) is 11.2. The van der Waals surface area contributed by atoms with E-state index in [0.717, 1.165) is 27.8 Å². The topological polar surface area (TPSA) is 71.6 Å². The van der Waals surface area contributed by atoms with Crippen LogP contribution in [0.25, 0.3) is 16.6 Å². The Kier molecular flexibility index (Phi) is 6.20. The Hall–Kier alpha value is -2.55. The molecule has 1 fully saturated rings. The molecule has 0 unspecified atom stereocenters. The number of hydrogen-bond donors (Lipinski definition) is 2. The van der Waals surface area contributed by atoms with Crippen molar-refractivity contribution in [1.82, 2.24) is 14.6 Å². The quantitative estimate of drug-likeness (QED) is 0.331. The molecule has 2 aromatic heterocycles. The minimum atomic E-state index is -2.44. The number of aromatic nitrogens is 3. The van der Waals surface area contributed by atoms with E-state index in [2.05, 4.69) is 41.7 Å². The van der Waals surface area contributed by atoms with Crippen LogP contribution in [-0.4, -0.2) is 37.0 Å². The van der Waals surface area contributed by atoms with Crippen molar-refractivity contribution >= 4 is 35.5 Å². The van der Waals surface area contributed by atoms with E-state index in [0.29, 0.717) is 17.8 Å². The van der Waals surface area contributed by atoms with Crippen LogP contribution < -0.4 is 5.73 Å². The molecule has 1 saturated carbocycles. The molecule has 2 aliphatic rings. The Bertz CT molecular complexity index is 1200. The van der Waals surface area contributed by atoms with Crippen LogP contribution in [0, 0.1) is 5.41 Å². The largest absolute Gasteiger partial charge is 0.367 e. The van der Waals surface area contributed by atoms with Gasteiger partial charge in [-0.1, -0.05) is 44.9 Å². The summed E-state index contributed by atoms with van der Waals surface area (Å²) in [6.45, 7) is 8.25. The Morgan fingerprint density at radius 1 is 1.24 bits per heavy atom. The van der Waals surface area contributed by atoms with Gasteiger partial charge in [-0.3, -0.25) is 0 Å². The molecule has 0 saturated heterocycles. The molecule has 0 radical (unpaired) electrons. The Balaban J connectivity index is 0.000000376. The maximum Gasteiger partial charge on any atom is 0.298 e. The fraction of sp³-hybridized carbons (Fsp3) is 0.500. The van der Waals surface area contributed by atoms with Crippen LogP contribution in [0.15, 0.2) is 35.6 Å². The number of nitrogens with two attached hydrogens (primary N) is 1. The van der Waals surface area contributed by atoms with Gasteiger partial charge in [0.15, 0.2) is 0 Å². The monoisotopic (exact) mass is 473 g/mol. The highest BCUT2D eigenvalue weighted by atomic mass is 32.1. The summed E-state index contributed by atoms with van der Waals surface area (Å²) in [7, 11) is 0. The van der Waals surface area contributed by atoms with E-state index >= 15 is 0 Å². The van der Waals surface area contributed by atoms with Gasteiger partial charge in [0, 0.05) is 34.1 Å². The van der Waals surface area contributed by atoms with Crippen molar-refractivity contribution in [1.29, 1.82) is 0 Å². The summed E-state index contributed by atoms with van der Waals surface area (Å²) < 4.78 is 28.1. The van der Waals surface area contributed by atoms with Gasteiger partial charge in [0.1, 0.15) is 0 Å². The van der Waals surface area contributed by atoms with Crippen molar-refractivity contribution in [2.45, 2.75) is 64.6 Å². The van der Waals surface area contributed by atoms with Gasteiger partial charge in [0.05, 0.1) is 11.2 Å². The van der Waals surface area contributed by atoms with Gasteiger partial charge >= 0.3 is 0 Å². The van der Waals surface area contributed by atoms with Gasteiger partial charge in [0.25, 0.3) is 12.1 Å². The molecule has 5 rings (SSSR count). The average Bonchev–Trinajstić information content (AvgIpc) is 3.08. The van der Waals surface area contributed by atoms with Crippen molar-refractivity contribution in [2.75, 3.05) is 12.3 Å². The zero-order valence-electron chi connectivity index (χ0n) is 19.5. The normalized spacial score (nSPS) is 16.4. The number of halogens is 2. The molecule has 3 heterocycles. The third-order valence-electron chi connectivity index (χ3n) is 6.01. The van der Waals surface area contributed by atoms with Crippen LogP contribution in [0.5, 0.6) is 0 Å². The van der Waals surface area contributed by atoms with Crippen LogP contribution in [0.2, 0.25) is 0 Å². The smallest absolute Gasteiger partial charge is 0.298 e. The summed E-state index contributed by atoms with van der Waals surface area (Å²) >= 11 is 4.61. The highest BCUT2D eigenvalue weighted by molar-refractivity contribution is 7.81. The first kappa shape index (κ1) is 23.6. The van der Waals surface area contributed by atoms with Crippen LogP contribution in [0.3, 0.4) is 0 Å². The van der Waals surface area contributed by atoms with Gasteiger partial charge in [-0.2, -0.15) is 12.6 Å². The van der Waals surface area contributed by atoms with Gasteiger partial charge in [-0.25, -0.2) is 18.3 Å². The molecular formula is C24H31F2N6S+. The number of rotatable bonds is 5. The second kappa shape index (κ2) is 8.66. The molecule has 176 valence electrons. The maximum absolute atomic E-state index is 12.7. The SMILES string of the molecule is CC(C)(S)Cc1nc(N)nn2ccc(-c3ccc4c(c3)[N+](CC(F)F)=N4)c12.CC1(C)CCC1. The number of azo groups is 2. The van der Waals surface area contributed by atoms with Crippen molar-refractivity contribution in [3.05, 3.63) is 36.2 Å². The van der Waals surface area contributed by atoms with Gasteiger partial charge in [-0.15, -0.1) is 5.10 Å². The maximum atomic E-state index is 12.7. The summed E-state index contributed by atoms with van der Waals surface area (Å²) in [4.78, 5) is 4.42. The molecule has 1 aromatic carbocycles. The van der Waals surface area contributed by atoms with Crippen molar-refractivity contribution in [3.8, 4) is 11.1 Å². The van der Waals surface area contributed by atoms with E-state index in [-0.39, 0.29) is 10.7 Å². The number of hydrogen-bond acceptors (Lipinski definition) is 5. The fourth-order valence-corrected chi connectivity index (χ4v) is 4.31. The van der Waals surface area contributed by atoms with Crippen LogP contribution in [0.4, 0.5) is 26.1 Å². The summed E-state index contributed by atoms with van der Waals surface area (Å²) in [5.74, 6) is 0.191. The number of benzene rings is 1. The standard InChI is InChI=1S/C18H18F2N6S.C6H12/c1-18(2,27)8-13-16-11(5-6-25(16)24-17(21)22-13)10-3-4-12-14(7-10)26(23-12)9-15(19)20;1-6(2)4-3-5-6/h3-7,15H,8-9H2,1-2H3,(H2-,21,22,24,27);3-5H2,1-2H3/p+1. The second-order valence-electron chi connectivity index (χ2n) is 10.2. The van der Waals surface area contributed by atoms with E-state index in [1.807, 2.05) is 44.3 Å². The molecule has 0 spiro atoms. The van der Waals surface area contributed by atoms with Gasteiger partial charge in [-0.05, 0) is 36.0 Å². The van der Waals surface area contributed by atoms with Gasteiger partial charge < -0.3 is 5.73 Å². The lowest BCUT2D eigenvalue weighted by Gasteiger charge is -2.33. The first-order valence-corrected chi connectivity index (χ1v) is 11.6. The zero-order valence-corrected chi connectivity index (χ0v) is 20.4.